The highest BCUT2D eigenvalue weighted by Gasteiger charge is 1.96. The van der Waals surface area contributed by atoms with Crippen LogP contribution in [0.2, 0.25) is 0 Å². The van der Waals surface area contributed by atoms with Gasteiger partial charge in [0.25, 0.3) is 0 Å². The molecule has 0 radical (unpaired) electrons. The number of carbonyl (C=O) groups is 2. The summed E-state index contributed by atoms with van der Waals surface area (Å²) in [6, 6.07) is 0. The minimum absolute atomic E-state index is 0.211. The smallest absolute Gasteiger partial charge is 0.466 e. The monoisotopic (exact) mass is 322 g/mol. The largest absolute Gasteiger partial charge is 0.508 e. The first-order valence-corrected chi connectivity index (χ1v) is 8.34. The summed E-state index contributed by atoms with van der Waals surface area (Å²) in [5.74, 6) is -0.211. The van der Waals surface area contributed by atoms with Crippen molar-refractivity contribution in [3.8, 4) is 0 Å². The Morgan fingerprint density at radius 1 is 0.682 bits per heavy atom. The standard InChI is InChI=1S/C5H10O3.C5H12.C4H8O2.C3H8/c1-3-7-5(6)8-4-2;1-3-5-4-2;1-3-6-4(2)5;1-3-2/h3-4H2,1-2H3;3-5H2,1-2H3;3H2,1-2H3;3H2,1-2H3. The van der Waals surface area contributed by atoms with Crippen LogP contribution in [-0.2, 0) is 19.0 Å². The summed E-state index contributed by atoms with van der Waals surface area (Å²) in [6.07, 6.45) is 4.74. The minimum Gasteiger partial charge on any atom is -0.466 e. The molecule has 0 saturated heterocycles. The predicted molar refractivity (Wildman–Crippen MR) is 92.1 cm³/mol. The van der Waals surface area contributed by atoms with Gasteiger partial charge in [0.05, 0.1) is 19.8 Å². The zero-order chi connectivity index (χ0) is 18.2. The number of rotatable bonds is 5. The van der Waals surface area contributed by atoms with Crippen LogP contribution in [-0.4, -0.2) is 31.9 Å². The highest BCUT2D eigenvalue weighted by molar-refractivity contribution is 5.65. The van der Waals surface area contributed by atoms with Gasteiger partial charge >= 0.3 is 12.1 Å². The van der Waals surface area contributed by atoms with E-state index in [0.29, 0.717) is 19.8 Å². The molecule has 5 heteroatoms. The number of esters is 1. The molecule has 0 fully saturated rings. The van der Waals surface area contributed by atoms with Crippen molar-refractivity contribution in [3.63, 3.8) is 0 Å². The van der Waals surface area contributed by atoms with Gasteiger partial charge in [0.1, 0.15) is 0 Å². The van der Waals surface area contributed by atoms with Crippen LogP contribution < -0.4 is 0 Å². The Labute approximate surface area is 137 Å². The summed E-state index contributed by atoms with van der Waals surface area (Å²) in [5, 5.41) is 0. The van der Waals surface area contributed by atoms with E-state index in [1.165, 1.54) is 32.6 Å². The van der Waals surface area contributed by atoms with E-state index in [-0.39, 0.29) is 5.97 Å². The topological polar surface area (TPSA) is 61.8 Å². The van der Waals surface area contributed by atoms with E-state index in [2.05, 4.69) is 41.9 Å². The van der Waals surface area contributed by atoms with Crippen molar-refractivity contribution in [3.05, 3.63) is 0 Å². The SMILES string of the molecule is CCC.CCCCC.CCOC(=O)OCC.CCOC(C)=O. The molecule has 0 N–H and O–H groups in total. The van der Waals surface area contributed by atoms with Gasteiger partial charge < -0.3 is 14.2 Å². The molecular formula is C17H38O5. The molecule has 0 unspecified atom stereocenters. The molecule has 0 aromatic heterocycles. The third-order valence-corrected chi connectivity index (χ3v) is 1.58. The molecule has 136 valence electrons. The molecule has 0 aliphatic rings. The van der Waals surface area contributed by atoms with Gasteiger partial charge in [-0.2, -0.15) is 0 Å². The minimum atomic E-state index is -0.588. The second-order valence-electron chi connectivity index (χ2n) is 4.10. The van der Waals surface area contributed by atoms with Crippen LogP contribution >= 0.6 is 0 Å². The number of hydrogen-bond acceptors (Lipinski definition) is 5. The Bertz CT molecular complexity index is 195. The molecule has 0 atom stereocenters. The van der Waals surface area contributed by atoms with E-state index in [1.807, 2.05) is 0 Å². The Balaban J connectivity index is -0.000000104. The quantitative estimate of drug-likeness (QED) is 0.637. The fraction of sp³-hybridized carbons (Fsp3) is 0.882. The average molecular weight is 322 g/mol. The molecule has 0 aliphatic heterocycles. The Kier molecular flexibility index (Phi) is 41.8. The van der Waals surface area contributed by atoms with Crippen LogP contribution in [0.1, 0.15) is 81.1 Å². The highest BCUT2D eigenvalue weighted by atomic mass is 16.7. The lowest BCUT2D eigenvalue weighted by atomic mass is 10.3. The van der Waals surface area contributed by atoms with Gasteiger partial charge in [0.15, 0.2) is 0 Å². The third kappa shape index (κ3) is 62.2. The van der Waals surface area contributed by atoms with Crippen molar-refractivity contribution < 1.29 is 23.8 Å². The summed E-state index contributed by atoms with van der Waals surface area (Å²) >= 11 is 0. The second kappa shape index (κ2) is 31.9. The summed E-state index contributed by atoms with van der Waals surface area (Å²) in [5.41, 5.74) is 0. The van der Waals surface area contributed by atoms with Gasteiger partial charge in [-0.3, -0.25) is 4.79 Å². The van der Waals surface area contributed by atoms with Crippen LogP contribution in [0.4, 0.5) is 4.79 Å². The van der Waals surface area contributed by atoms with Crippen LogP contribution in [0, 0.1) is 0 Å². The van der Waals surface area contributed by atoms with Gasteiger partial charge in [-0.1, -0.05) is 53.4 Å². The van der Waals surface area contributed by atoms with Crippen molar-refractivity contribution >= 4 is 12.1 Å². The van der Waals surface area contributed by atoms with Crippen LogP contribution in [0.15, 0.2) is 0 Å². The summed E-state index contributed by atoms with van der Waals surface area (Å²) in [4.78, 5) is 20.0. The van der Waals surface area contributed by atoms with Crippen molar-refractivity contribution in [2.24, 2.45) is 0 Å². The third-order valence-electron chi connectivity index (χ3n) is 1.58. The van der Waals surface area contributed by atoms with Crippen LogP contribution in [0.3, 0.4) is 0 Å². The first-order chi connectivity index (χ1) is 10.4. The maximum atomic E-state index is 10.2. The molecule has 0 spiro atoms. The molecule has 0 aromatic carbocycles. The number of unbranched alkanes of at least 4 members (excludes halogenated alkanes) is 2. The van der Waals surface area contributed by atoms with Crippen LogP contribution in [0.25, 0.3) is 0 Å². The van der Waals surface area contributed by atoms with E-state index in [9.17, 15) is 9.59 Å². The molecular weight excluding hydrogens is 284 g/mol. The Morgan fingerprint density at radius 3 is 1.09 bits per heavy atom. The Morgan fingerprint density at radius 2 is 1.00 bits per heavy atom. The number of carbonyl (C=O) groups excluding carboxylic acids is 2. The van der Waals surface area contributed by atoms with Crippen molar-refractivity contribution in [1.29, 1.82) is 0 Å². The van der Waals surface area contributed by atoms with Crippen molar-refractivity contribution in [2.75, 3.05) is 19.8 Å². The summed E-state index contributed by atoms with van der Waals surface area (Å²) < 4.78 is 13.2. The van der Waals surface area contributed by atoms with Gasteiger partial charge in [-0.15, -0.1) is 0 Å². The molecule has 0 amide bonds. The van der Waals surface area contributed by atoms with E-state index >= 15 is 0 Å². The number of ether oxygens (including phenoxy) is 3. The molecule has 0 saturated carbocycles. The maximum Gasteiger partial charge on any atom is 0.508 e. The van der Waals surface area contributed by atoms with Gasteiger partial charge in [0, 0.05) is 6.92 Å². The van der Waals surface area contributed by atoms with E-state index in [4.69, 9.17) is 0 Å². The summed E-state index contributed by atoms with van der Waals surface area (Å²) in [7, 11) is 0. The van der Waals surface area contributed by atoms with Crippen molar-refractivity contribution in [1.82, 2.24) is 0 Å². The second-order valence-corrected chi connectivity index (χ2v) is 4.10. The first-order valence-electron chi connectivity index (χ1n) is 8.34. The van der Waals surface area contributed by atoms with Crippen molar-refractivity contribution in [2.45, 2.75) is 81.1 Å². The van der Waals surface area contributed by atoms with Crippen LogP contribution in [0.5, 0.6) is 0 Å². The number of hydrogen-bond donors (Lipinski definition) is 0. The average Bonchev–Trinajstić information content (AvgIpc) is 2.42. The lowest BCUT2D eigenvalue weighted by Gasteiger charge is -1.98. The zero-order valence-electron chi connectivity index (χ0n) is 16.0. The van der Waals surface area contributed by atoms with Gasteiger partial charge in [-0.05, 0) is 20.8 Å². The van der Waals surface area contributed by atoms with Gasteiger partial charge in [0.2, 0.25) is 0 Å². The fourth-order valence-electron chi connectivity index (χ4n) is 0.834. The first kappa shape index (κ1) is 28.8. The summed E-state index contributed by atoms with van der Waals surface area (Å²) in [6.45, 7) is 16.5. The molecule has 5 nitrogen and oxygen atoms in total. The highest BCUT2D eigenvalue weighted by Crippen LogP contribution is 1.88. The fourth-order valence-corrected chi connectivity index (χ4v) is 0.834. The molecule has 0 bridgehead atoms. The maximum absolute atomic E-state index is 10.2. The van der Waals surface area contributed by atoms with Gasteiger partial charge in [-0.25, -0.2) is 4.79 Å². The molecule has 0 aliphatic carbocycles. The molecule has 0 aromatic rings. The lowest BCUT2D eigenvalue weighted by Crippen LogP contribution is -2.05. The molecule has 22 heavy (non-hydrogen) atoms. The van der Waals surface area contributed by atoms with E-state index < -0.39 is 6.16 Å². The molecule has 0 heterocycles. The van der Waals surface area contributed by atoms with E-state index in [0.717, 1.165) is 0 Å². The zero-order valence-corrected chi connectivity index (χ0v) is 16.0. The lowest BCUT2D eigenvalue weighted by molar-refractivity contribution is -0.140. The Hall–Kier alpha value is -1.26. The van der Waals surface area contributed by atoms with E-state index in [1.54, 1.807) is 20.8 Å². The normalized spacial score (nSPS) is 7.82. The molecule has 0 rings (SSSR count). The predicted octanol–water partition coefficient (Wildman–Crippen LogP) is 5.36.